The quantitative estimate of drug-likeness (QED) is 0.851. The number of fused-ring (bicyclic) bond motifs is 1. The van der Waals surface area contributed by atoms with Crippen LogP contribution in [-0.4, -0.2) is 43.5 Å². The number of carbonyl (C=O) groups is 1. The monoisotopic (exact) mass is 322 g/mol. The van der Waals surface area contributed by atoms with E-state index in [1.54, 1.807) is 0 Å². The molecule has 5 nitrogen and oxygen atoms in total. The number of para-hydroxylation sites is 1. The third-order valence-corrected chi connectivity index (χ3v) is 6.47. The molecule has 1 unspecified atom stereocenters. The number of anilines is 1. The second-order valence-electron chi connectivity index (χ2n) is 6.10. The molecule has 3 rings (SSSR count). The van der Waals surface area contributed by atoms with E-state index in [2.05, 4.69) is 24.0 Å². The van der Waals surface area contributed by atoms with Gasteiger partial charge in [0.25, 0.3) is 0 Å². The molecule has 1 aromatic rings. The van der Waals surface area contributed by atoms with Crippen molar-refractivity contribution in [1.29, 1.82) is 0 Å². The normalized spacial score (nSPS) is 23.4. The minimum Gasteiger partial charge on any atom is -0.368 e. The Hall–Kier alpha value is -1.56. The summed E-state index contributed by atoms with van der Waals surface area (Å²) in [6.45, 7) is 3.07. The van der Waals surface area contributed by atoms with Gasteiger partial charge in [-0.1, -0.05) is 18.2 Å². The van der Waals surface area contributed by atoms with Crippen molar-refractivity contribution in [3.8, 4) is 0 Å². The Morgan fingerprint density at radius 3 is 2.82 bits per heavy atom. The fraction of sp³-hybridized carbons (Fsp3) is 0.562. The van der Waals surface area contributed by atoms with E-state index < -0.39 is 10.0 Å². The van der Waals surface area contributed by atoms with E-state index >= 15 is 0 Å². The number of carbonyl (C=O) groups excluding carboxylic acids is 1. The summed E-state index contributed by atoms with van der Waals surface area (Å²) in [4.78, 5) is 14.5. The number of sulfonamides is 1. The molecule has 1 atom stereocenters. The van der Waals surface area contributed by atoms with Crippen LogP contribution in [0.2, 0.25) is 0 Å². The predicted octanol–water partition coefficient (Wildman–Crippen LogP) is 1.78. The average Bonchev–Trinajstić information content (AvgIpc) is 2.85. The predicted molar refractivity (Wildman–Crippen MR) is 86.3 cm³/mol. The molecule has 0 N–H and O–H groups in total. The lowest BCUT2D eigenvalue weighted by atomic mass is 9.96. The topological polar surface area (TPSA) is 57.7 Å². The summed E-state index contributed by atoms with van der Waals surface area (Å²) in [5.74, 6) is -0.172. The zero-order valence-corrected chi connectivity index (χ0v) is 13.7. The fourth-order valence-corrected chi connectivity index (χ4v) is 4.88. The molecule has 6 heteroatoms. The molecule has 2 aliphatic heterocycles. The van der Waals surface area contributed by atoms with Gasteiger partial charge in [-0.2, -0.15) is 0 Å². The van der Waals surface area contributed by atoms with Gasteiger partial charge < -0.3 is 4.90 Å². The van der Waals surface area contributed by atoms with E-state index in [9.17, 15) is 13.2 Å². The number of aryl methyl sites for hydroxylation is 1. The molecule has 1 fully saturated rings. The Morgan fingerprint density at radius 2 is 2.09 bits per heavy atom. The summed E-state index contributed by atoms with van der Waals surface area (Å²) in [6.07, 6.45) is 2.92. The second-order valence-corrected chi connectivity index (χ2v) is 8.11. The highest BCUT2D eigenvalue weighted by Gasteiger charge is 2.33. The zero-order chi connectivity index (χ0) is 15.7. The highest BCUT2D eigenvalue weighted by molar-refractivity contribution is 7.89. The van der Waals surface area contributed by atoms with E-state index in [4.69, 9.17) is 0 Å². The molecule has 0 aromatic heterocycles. The lowest BCUT2D eigenvalue weighted by Crippen LogP contribution is -2.41. The Kier molecular flexibility index (Phi) is 4.12. The maximum Gasteiger partial charge on any atom is 0.237 e. The molecule has 2 heterocycles. The fourth-order valence-electron chi connectivity index (χ4n) is 3.36. The van der Waals surface area contributed by atoms with Gasteiger partial charge >= 0.3 is 0 Å². The molecule has 1 amide bonds. The van der Waals surface area contributed by atoms with Crippen molar-refractivity contribution < 1.29 is 13.2 Å². The van der Waals surface area contributed by atoms with Crippen LogP contribution in [0.1, 0.15) is 31.7 Å². The molecule has 0 radical (unpaired) electrons. The van der Waals surface area contributed by atoms with Gasteiger partial charge in [0.1, 0.15) is 0 Å². The molecule has 2 aliphatic rings. The first kappa shape index (κ1) is 15.3. The second kappa shape index (κ2) is 5.91. The average molecular weight is 322 g/mol. The number of benzene rings is 1. The van der Waals surface area contributed by atoms with E-state index in [-0.39, 0.29) is 18.1 Å². The third-order valence-electron chi connectivity index (χ3n) is 4.61. The molecule has 0 saturated carbocycles. The van der Waals surface area contributed by atoms with Gasteiger partial charge in [-0.25, -0.2) is 12.7 Å². The minimum atomic E-state index is -3.35. The summed E-state index contributed by atoms with van der Waals surface area (Å²) < 4.78 is 24.7. The van der Waals surface area contributed by atoms with Crippen LogP contribution in [0.3, 0.4) is 0 Å². The summed E-state index contributed by atoms with van der Waals surface area (Å²) >= 11 is 0. The molecule has 0 bridgehead atoms. The van der Waals surface area contributed by atoms with Crippen LogP contribution in [0.5, 0.6) is 0 Å². The van der Waals surface area contributed by atoms with Crippen molar-refractivity contribution in [2.45, 2.75) is 38.6 Å². The van der Waals surface area contributed by atoms with Crippen LogP contribution in [0.4, 0.5) is 5.69 Å². The molecule has 1 aromatic carbocycles. The molecular weight excluding hydrogens is 300 g/mol. The van der Waals surface area contributed by atoms with Crippen LogP contribution >= 0.6 is 0 Å². The largest absolute Gasteiger partial charge is 0.368 e. The highest BCUT2D eigenvalue weighted by atomic mass is 32.2. The lowest BCUT2D eigenvalue weighted by molar-refractivity contribution is -0.126. The van der Waals surface area contributed by atoms with Crippen LogP contribution in [0, 0.1) is 0 Å². The van der Waals surface area contributed by atoms with Gasteiger partial charge in [0.05, 0.1) is 5.75 Å². The maximum atomic E-state index is 12.2. The van der Waals surface area contributed by atoms with Gasteiger partial charge in [0.15, 0.2) is 0 Å². The van der Waals surface area contributed by atoms with E-state index in [1.807, 2.05) is 12.1 Å². The smallest absolute Gasteiger partial charge is 0.237 e. The van der Waals surface area contributed by atoms with Crippen LogP contribution in [0.15, 0.2) is 24.3 Å². The Bertz CT molecular complexity index is 672. The Balaban J connectivity index is 1.70. The van der Waals surface area contributed by atoms with E-state index in [0.29, 0.717) is 25.6 Å². The third kappa shape index (κ3) is 2.84. The van der Waals surface area contributed by atoms with Gasteiger partial charge in [-0.15, -0.1) is 0 Å². The van der Waals surface area contributed by atoms with Crippen molar-refractivity contribution in [3.05, 3.63) is 29.8 Å². The number of hydrogen-bond acceptors (Lipinski definition) is 4. The zero-order valence-electron chi connectivity index (χ0n) is 12.9. The van der Waals surface area contributed by atoms with Crippen molar-refractivity contribution >= 4 is 21.6 Å². The molecule has 0 spiro atoms. The SMILES string of the molecule is CC1CCc2ccccc2N1CCC(=O)N1CCCS1(=O)=O. The molecule has 0 aliphatic carbocycles. The van der Waals surface area contributed by atoms with Crippen LogP contribution < -0.4 is 4.90 Å². The Labute approximate surface area is 132 Å². The summed E-state index contributed by atoms with van der Waals surface area (Å²) in [5, 5.41) is 0. The minimum absolute atomic E-state index is 0.0989. The lowest BCUT2D eigenvalue weighted by Gasteiger charge is -2.37. The van der Waals surface area contributed by atoms with Crippen LogP contribution in [-0.2, 0) is 21.2 Å². The van der Waals surface area contributed by atoms with Crippen molar-refractivity contribution in [2.24, 2.45) is 0 Å². The van der Waals surface area contributed by atoms with E-state index in [0.717, 1.165) is 17.1 Å². The van der Waals surface area contributed by atoms with Gasteiger partial charge in [-0.05, 0) is 37.8 Å². The Morgan fingerprint density at radius 1 is 1.32 bits per heavy atom. The molecular formula is C16H22N2O3S. The molecule has 1 saturated heterocycles. The van der Waals surface area contributed by atoms with Crippen molar-refractivity contribution in [2.75, 3.05) is 23.7 Å². The van der Waals surface area contributed by atoms with Gasteiger partial charge in [0, 0.05) is 31.2 Å². The summed E-state index contributed by atoms with van der Waals surface area (Å²) in [6, 6.07) is 8.63. The maximum absolute atomic E-state index is 12.2. The van der Waals surface area contributed by atoms with Crippen molar-refractivity contribution in [1.82, 2.24) is 4.31 Å². The number of amides is 1. The first-order valence-electron chi connectivity index (χ1n) is 7.87. The van der Waals surface area contributed by atoms with Crippen molar-refractivity contribution in [3.63, 3.8) is 0 Å². The standard InChI is InChI=1S/C16H22N2O3S/c1-13-7-8-14-5-2-3-6-15(14)17(13)11-9-16(19)18-10-4-12-22(18,20)21/h2-3,5-6,13H,4,7-12H2,1H3. The van der Waals surface area contributed by atoms with Gasteiger partial charge in [-0.3, -0.25) is 4.79 Å². The number of nitrogens with zero attached hydrogens (tertiary/aromatic N) is 2. The number of hydrogen-bond donors (Lipinski definition) is 0. The summed E-state index contributed by atoms with van der Waals surface area (Å²) in [7, 11) is -3.35. The van der Waals surface area contributed by atoms with Crippen LogP contribution in [0.25, 0.3) is 0 Å². The molecule has 22 heavy (non-hydrogen) atoms. The highest BCUT2D eigenvalue weighted by Crippen LogP contribution is 2.30. The molecule has 120 valence electrons. The summed E-state index contributed by atoms with van der Waals surface area (Å²) in [5.41, 5.74) is 2.49. The number of rotatable bonds is 3. The first-order chi connectivity index (χ1) is 10.5. The van der Waals surface area contributed by atoms with E-state index in [1.165, 1.54) is 11.3 Å². The first-order valence-corrected chi connectivity index (χ1v) is 9.48. The van der Waals surface area contributed by atoms with Gasteiger partial charge in [0.2, 0.25) is 15.9 Å².